The second kappa shape index (κ2) is 5.37. The summed E-state index contributed by atoms with van der Waals surface area (Å²) >= 11 is 5.68. The molecule has 2 nitrogen and oxygen atoms in total. The molecule has 0 radical (unpaired) electrons. The summed E-state index contributed by atoms with van der Waals surface area (Å²) in [5.41, 5.74) is 1.94. The first-order valence-electron chi connectivity index (χ1n) is 5.89. The third kappa shape index (κ3) is 2.52. The van der Waals surface area contributed by atoms with Crippen LogP contribution in [0.2, 0.25) is 0 Å². The van der Waals surface area contributed by atoms with Crippen molar-refractivity contribution in [2.75, 3.05) is 5.88 Å². The molecule has 2 rings (SSSR count). The lowest BCUT2D eigenvalue weighted by molar-refractivity contribution is 0.101. The number of para-hydroxylation sites is 1. The van der Waals surface area contributed by atoms with Crippen LogP contribution in [0.15, 0.2) is 30.5 Å². The maximum Gasteiger partial charge on any atom is 0.161 e. The molecular weight excluding hydrogens is 234 g/mol. The minimum atomic E-state index is 0.122. The number of fused-ring (bicyclic) bond motifs is 1. The minimum absolute atomic E-state index is 0.122. The Morgan fingerprint density at radius 2 is 2.06 bits per heavy atom. The van der Waals surface area contributed by atoms with E-state index in [4.69, 9.17) is 11.6 Å². The Hall–Kier alpha value is -1.28. The molecule has 1 heterocycles. The zero-order chi connectivity index (χ0) is 12.3. The number of unbranched alkanes of at least 4 members (excludes halogenated alkanes) is 1. The number of ketones is 1. The molecule has 3 heteroatoms. The molecule has 1 aromatic heterocycles. The Bertz CT molecular complexity index is 530. The fourth-order valence-electron chi connectivity index (χ4n) is 2.09. The molecule has 0 atom stereocenters. The van der Waals surface area contributed by atoms with Gasteiger partial charge in [0.25, 0.3) is 0 Å². The molecule has 0 bridgehead atoms. The number of benzene rings is 1. The highest BCUT2D eigenvalue weighted by molar-refractivity contribution is 6.17. The van der Waals surface area contributed by atoms with E-state index in [1.165, 1.54) is 0 Å². The summed E-state index contributed by atoms with van der Waals surface area (Å²) in [6, 6.07) is 8.04. The van der Waals surface area contributed by atoms with E-state index in [1.807, 2.05) is 24.4 Å². The maximum atomic E-state index is 11.6. The molecule has 17 heavy (non-hydrogen) atoms. The lowest BCUT2D eigenvalue weighted by atomic mass is 10.1. The van der Waals surface area contributed by atoms with Crippen LogP contribution in [0.5, 0.6) is 0 Å². The highest BCUT2D eigenvalue weighted by Crippen LogP contribution is 2.22. The van der Waals surface area contributed by atoms with Crippen molar-refractivity contribution in [3.05, 3.63) is 36.0 Å². The van der Waals surface area contributed by atoms with Crippen LogP contribution in [-0.2, 0) is 6.54 Å². The predicted octanol–water partition coefficient (Wildman–Crippen LogP) is 3.86. The van der Waals surface area contributed by atoms with E-state index in [2.05, 4.69) is 10.6 Å². The van der Waals surface area contributed by atoms with E-state index in [9.17, 15) is 4.79 Å². The molecule has 90 valence electrons. The Labute approximate surface area is 106 Å². The number of carbonyl (C=O) groups excluding carboxylic acids is 1. The van der Waals surface area contributed by atoms with E-state index in [0.717, 1.165) is 35.9 Å². The van der Waals surface area contributed by atoms with Gasteiger partial charge in [0, 0.05) is 35.1 Å². The van der Waals surface area contributed by atoms with Crippen molar-refractivity contribution in [2.45, 2.75) is 26.3 Å². The van der Waals surface area contributed by atoms with Gasteiger partial charge in [-0.15, -0.1) is 11.6 Å². The summed E-state index contributed by atoms with van der Waals surface area (Å²) in [5.74, 6) is 0.816. The summed E-state index contributed by atoms with van der Waals surface area (Å²) in [6.45, 7) is 2.53. The number of aromatic nitrogens is 1. The number of Topliss-reactive ketones (excluding diaryl/α,β-unsaturated/α-hetero) is 1. The van der Waals surface area contributed by atoms with Gasteiger partial charge in [-0.05, 0) is 25.8 Å². The van der Waals surface area contributed by atoms with E-state index >= 15 is 0 Å². The van der Waals surface area contributed by atoms with Gasteiger partial charge in [-0.3, -0.25) is 4.79 Å². The van der Waals surface area contributed by atoms with Gasteiger partial charge in [-0.2, -0.15) is 0 Å². The standard InChI is InChI=1S/C14H16ClNO/c1-11(17)13-10-16(9-5-4-8-15)14-7-3-2-6-12(13)14/h2-3,6-7,10H,4-5,8-9H2,1H3. The average molecular weight is 250 g/mol. The van der Waals surface area contributed by atoms with Gasteiger partial charge in [0.05, 0.1) is 0 Å². The fraction of sp³-hybridized carbons (Fsp3) is 0.357. The summed E-state index contributed by atoms with van der Waals surface area (Å²) in [7, 11) is 0. The van der Waals surface area contributed by atoms with Crippen LogP contribution >= 0.6 is 11.6 Å². The summed E-state index contributed by atoms with van der Waals surface area (Å²) in [6.07, 6.45) is 4.00. The minimum Gasteiger partial charge on any atom is -0.347 e. The van der Waals surface area contributed by atoms with Crippen molar-refractivity contribution >= 4 is 28.3 Å². The number of hydrogen-bond donors (Lipinski definition) is 0. The van der Waals surface area contributed by atoms with Gasteiger partial charge in [0.1, 0.15) is 0 Å². The van der Waals surface area contributed by atoms with Crippen LogP contribution in [0, 0.1) is 0 Å². The van der Waals surface area contributed by atoms with Crippen LogP contribution in [0.3, 0.4) is 0 Å². The van der Waals surface area contributed by atoms with E-state index < -0.39 is 0 Å². The van der Waals surface area contributed by atoms with Crippen LogP contribution in [0.4, 0.5) is 0 Å². The number of nitrogens with zero attached hydrogens (tertiary/aromatic N) is 1. The molecule has 0 aliphatic carbocycles. The zero-order valence-corrected chi connectivity index (χ0v) is 10.7. The molecule has 0 amide bonds. The molecule has 2 aromatic rings. The second-order valence-electron chi connectivity index (χ2n) is 4.21. The normalized spacial score (nSPS) is 10.9. The quantitative estimate of drug-likeness (QED) is 0.448. The first-order chi connectivity index (χ1) is 8.24. The topological polar surface area (TPSA) is 22.0 Å². The summed E-state index contributed by atoms with van der Waals surface area (Å²) < 4.78 is 2.15. The third-order valence-electron chi connectivity index (χ3n) is 2.95. The molecule has 0 N–H and O–H groups in total. The van der Waals surface area contributed by atoms with Crippen molar-refractivity contribution in [3.8, 4) is 0 Å². The van der Waals surface area contributed by atoms with Crippen molar-refractivity contribution < 1.29 is 4.79 Å². The summed E-state index contributed by atoms with van der Waals surface area (Å²) in [5, 5.41) is 1.05. The van der Waals surface area contributed by atoms with Crippen molar-refractivity contribution in [1.29, 1.82) is 0 Å². The molecule has 0 saturated carbocycles. The predicted molar refractivity (Wildman–Crippen MR) is 71.9 cm³/mol. The zero-order valence-electron chi connectivity index (χ0n) is 9.95. The SMILES string of the molecule is CC(=O)c1cn(CCCCCl)c2ccccc12. The van der Waals surface area contributed by atoms with Gasteiger partial charge in [-0.25, -0.2) is 0 Å². The fourth-order valence-corrected chi connectivity index (χ4v) is 2.28. The molecule has 0 fully saturated rings. The van der Waals surface area contributed by atoms with Gasteiger partial charge in [0.15, 0.2) is 5.78 Å². The number of aryl methyl sites for hydroxylation is 1. The van der Waals surface area contributed by atoms with Gasteiger partial charge < -0.3 is 4.57 Å². The average Bonchev–Trinajstić information content (AvgIpc) is 2.69. The number of hydrogen-bond acceptors (Lipinski definition) is 1. The van der Waals surface area contributed by atoms with Crippen molar-refractivity contribution in [3.63, 3.8) is 0 Å². The molecular formula is C14H16ClNO. The van der Waals surface area contributed by atoms with Crippen LogP contribution in [0.25, 0.3) is 10.9 Å². The van der Waals surface area contributed by atoms with E-state index in [1.54, 1.807) is 6.92 Å². The van der Waals surface area contributed by atoms with Crippen LogP contribution in [-0.4, -0.2) is 16.2 Å². The first kappa shape index (κ1) is 12.2. The van der Waals surface area contributed by atoms with Crippen molar-refractivity contribution in [1.82, 2.24) is 4.57 Å². The Balaban J connectivity index is 2.38. The number of carbonyl (C=O) groups is 1. The van der Waals surface area contributed by atoms with E-state index in [-0.39, 0.29) is 5.78 Å². The molecule has 0 spiro atoms. The Morgan fingerprint density at radius 1 is 1.29 bits per heavy atom. The number of halogens is 1. The monoisotopic (exact) mass is 249 g/mol. The molecule has 1 aromatic carbocycles. The Morgan fingerprint density at radius 3 is 2.76 bits per heavy atom. The largest absolute Gasteiger partial charge is 0.347 e. The highest BCUT2D eigenvalue weighted by atomic mass is 35.5. The number of alkyl halides is 1. The highest BCUT2D eigenvalue weighted by Gasteiger charge is 2.10. The lowest BCUT2D eigenvalue weighted by Crippen LogP contribution is -1.96. The van der Waals surface area contributed by atoms with E-state index in [0.29, 0.717) is 5.88 Å². The molecule has 0 unspecified atom stereocenters. The van der Waals surface area contributed by atoms with Gasteiger partial charge in [0.2, 0.25) is 0 Å². The molecule has 0 aliphatic heterocycles. The smallest absolute Gasteiger partial charge is 0.161 e. The van der Waals surface area contributed by atoms with Gasteiger partial charge >= 0.3 is 0 Å². The summed E-state index contributed by atoms with van der Waals surface area (Å²) in [4.78, 5) is 11.6. The first-order valence-corrected chi connectivity index (χ1v) is 6.42. The number of rotatable bonds is 5. The lowest BCUT2D eigenvalue weighted by Gasteiger charge is -2.03. The maximum absolute atomic E-state index is 11.6. The van der Waals surface area contributed by atoms with Crippen LogP contribution < -0.4 is 0 Å². The third-order valence-corrected chi connectivity index (χ3v) is 3.22. The Kier molecular flexibility index (Phi) is 3.85. The molecule has 0 aliphatic rings. The second-order valence-corrected chi connectivity index (χ2v) is 4.58. The van der Waals surface area contributed by atoms with Crippen LogP contribution in [0.1, 0.15) is 30.1 Å². The van der Waals surface area contributed by atoms with Crippen molar-refractivity contribution in [2.24, 2.45) is 0 Å². The van der Waals surface area contributed by atoms with Gasteiger partial charge in [-0.1, -0.05) is 18.2 Å². The molecule has 0 saturated heterocycles.